The van der Waals surface area contributed by atoms with Crippen molar-refractivity contribution >= 4 is 12.0 Å². The molecule has 0 saturated carbocycles. The zero-order valence-corrected chi connectivity index (χ0v) is 15.0. The Bertz CT molecular complexity index is 743. The van der Waals surface area contributed by atoms with Gasteiger partial charge in [-0.3, -0.25) is 4.79 Å². The fourth-order valence-corrected chi connectivity index (χ4v) is 3.27. The third kappa shape index (κ3) is 4.04. The predicted octanol–water partition coefficient (Wildman–Crippen LogP) is 3.44. The molecular formula is C21H24N2O3. The van der Waals surface area contributed by atoms with Crippen LogP contribution in [-0.4, -0.2) is 31.7 Å². The molecule has 136 valence electrons. The molecule has 2 aromatic carbocycles. The van der Waals surface area contributed by atoms with Crippen molar-refractivity contribution in [3.63, 3.8) is 0 Å². The molecule has 2 N–H and O–H groups in total. The Morgan fingerprint density at radius 1 is 0.962 bits per heavy atom. The third-order valence-electron chi connectivity index (χ3n) is 4.59. The summed E-state index contributed by atoms with van der Waals surface area (Å²) in [5.41, 5.74) is 4.71. The largest absolute Gasteiger partial charge is 0.449 e. The molecule has 0 bridgehead atoms. The predicted molar refractivity (Wildman–Crippen MR) is 101 cm³/mol. The topological polar surface area (TPSA) is 67.4 Å². The number of fused-ring (bicyclic) bond motifs is 3. The molecule has 0 spiro atoms. The van der Waals surface area contributed by atoms with E-state index < -0.39 is 6.09 Å². The molecule has 0 fully saturated rings. The van der Waals surface area contributed by atoms with Crippen LogP contribution in [0, 0.1) is 0 Å². The Morgan fingerprint density at radius 3 is 2.19 bits per heavy atom. The van der Waals surface area contributed by atoms with Crippen molar-refractivity contribution < 1.29 is 14.3 Å². The minimum Gasteiger partial charge on any atom is -0.449 e. The van der Waals surface area contributed by atoms with Crippen LogP contribution in [0.15, 0.2) is 48.5 Å². The Hall–Kier alpha value is -2.82. The van der Waals surface area contributed by atoms with E-state index in [9.17, 15) is 9.59 Å². The van der Waals surface area contributed by atoms with Gasteiger partial charge in [0.1, 0.15) is 6.61 Å². The summed E-state index contributed by atoms with van der Waals surface area (Å²) in [5, 5.41) is 5.26. The second kappa shape index (κ2) is 8.52. The van der Waals surface area contributed by atoms with E-state index in [4.69, 9.17) is 4.74 Å². The SMILES string of the molecule is CCCCNC(=O)CNC(=O)OCC1c2ccccc2-c2ccccc21. The number of ether oxygens (including phenoxy) is 1. The molecule has 2 aromatic rings. The summed E-state index contributed by atoms with van der Waals surface area (Å²) in [6, 6.07) is 16.4. The van der Waals surface area contributed by atoms with Crippen LogP contribution in [0.25, 0.3) is 11.1 Å². The van der Waals surface area contributed by atoms with Crippen LogP contribution in [0.1, 0.15) is 36.8 Å². The smallest absolute Gasteiger partial charge is 0.407 e. The van der Waals surface area contributed by atoms with E-state index in [1.54, 1.807) is 0 Å². The van der Waals surface area contributed by atoms with E-state index in [1.807, 2.05) is 24.3 Å². The van der Waals surface area contributed by atoms with Gasteiger partial charge in [-0.25, -0.2) is 4.79 Å². The first-order chi connectivity index (χ1) is 12.7. The normalized spacial score (nSPS) is 12.2. The van der Waals surface area contributed by atoms with E-state index in [1.165, 1.54) is 22.3 Å². The van der Waals surface area contributed by atoms with Gasteiger partial charge in [0.15, 0.2) is 0 Å². The summed E-state index contributed by atoms with van der Waals surface area (Å²) in [5.74, 6) is -0.182. The fraction of sp³-hybridized carbons (Fsp3) is 0.333. The van der Waals surface area contributed by atoms with Crippen LogP contribution in [0.2, 0.25) is 0 Å². The maximum atomic E-state index is 11.9. The summed E-state index contributed by atoms with van der Waals surface area (Å²) < 4.78 is 5.39. The molecule has 1 aliphatic carbocycles. The summed E-state index contributed by atoms with van der Waals surface area (Å²) >= 11 is 0. The van der Waals surface area contributed by atoms with Crippen LogP contribution >= 0.6 is 0 Å². The minimum absolute atomic E-state index is 0.0199. The average Bonchev–Trinajstić information content (AvgIpc) is 2.99. The molecule has 0 aliphatic heterocycles. The molecule has 26 heavy (non-hydrogen) atoms. The Morgan fingerprint density at radius 2 is 1.58 bits per heavy atom. The van der Waals surface area contributed by atoms with E-state index in [0.717, 1.165) is 12.8 Å². The zero-order chi connectivity index (χ0) is 18.4. The van der Waals surface area contributed by atoms with Crippen molar-refractivity contribution in [3.8, 4) is 11.1 Å². The van der Waals surface area contributed by atoms with Crippen molar-refractivity contribution in [2.24, 2.45) is 0 Å². The molecule has 0 radical (unpaired) electrons. The number of unbranched alkanes of at least 4 members (excludes halogenated alkanes) is 1. The van der Waals surface area contributed by atoms with Crippen LogP contribution in [-0.2, 0) is 9.53 Å². The van der Waals surface area contributed by atoms with Crippen molar-refractivity contribution in [2.75, 3.05) is 19.7 Å². The average molecular weight is 352 g/mol. The van der Waals surface area contributed by atoms with E-state index in [2.05, 4.69) is 41.8 Å². The van der Waals surface area contributed by atoms with E-state index in [0.29, 0.717) is 6.54 Å². The lowest BCUT2D eigenvalue weighted by atomic mass is 9.98. The highest BCUT2D eigenvalue weighted by atomic mass is 16.5. The molecule has 2 amide bonds. The molecule has 0 aromatic heterocycles. The van der Waals surface area contributed by atoms with Gasteiger partial charge >= 0.3 is 6.09 Å². The number of carbonyl (C=O) groups excluding carboxylic acids is 2. The molecule has 0 unspecified atom stereocenters. The number of carbonyl (C=O) groups is 2. The molecule has 0 saturated heterocycles. The van der Waals surface area contributed by atoms with Gasteiger partial charge in [-0.15, -0.1) is 0 Å². The van der Waals surface area contributed by atoms with Gasteiger partial charge in [0.2, 0.25) is 5.91 Å². The molecule has 5 nitrogen and oxygen atoms in total. The van der Waals surface area contributed by atoms with Crippen molar-refractivity contribution in [3.05, 3.63) is 59.7 Å². The highest BCUT2D eigenvalue weighted by Gasteiger charge is 2.28. The number of hydrogen-bond acceptors (Lipinski definition) is 3. The monoisotopic (exact) mass is 352 g/mol. The zero-order valence-electron chi connectivity index (χ0n) is 15.0. The molecule has 0 heterocycles. The summed E-state index contributed by atoms with van der Waals surface area (Å²) in [4.78, 5) is 23.6. The molecule has 0 atom stereocenters. The van der Waals surface area contributed by atoms with Crippen LogP contribution in [0.5, 0.6) is 0 Å². The highest BCUT2D eigenvalue weighted by molar-refractivity contribution is 5.82. The van der Waals surface area contributed by atoms with Crippen LogP contribution in [0.4, 0.5) is 4.79 Å². The molecule has 3 rings (SSSR count). The molecular weight excluding hydrogens is 328 g/mol. The quantitative estimate of drug-likeness (QED) is 0.750. The van der Waals surface area contributed by atoms with Gasteiger partial charge in [0.05, 0.1) is 6.54 Å². The lowest BCUT2D eigenvalue weighted by Gasteiger charge is -2.14. The first kappa shape index (κ1) is 18.0. The summed E-state index contributed by atoms with van der Waals surface area (Å²) in [6.07, 6.45) is 1.37. The summed E-state index contributed by atoms with van der Waals surface area (Å²) in [7, 11) is 0. The van der Waals surface area contributed by atoms with Gasteiger partial charge < -0.3 is 15.4 Å². The molecule has 1 aliphatic rings. The fourth-order valence-electron chi connectivity index (χ4n) is 3.27. The van der Waals surface area contributed by atoms with Crippen molar-refractivity contribution in [2.45, 2.75) is 25.7 Å². The number of hydrogen-bond donors (Lipinski definition) is 2. The van der Waals surface area contributed by atoms with Gasteiger partial charge in [-0.05, 0) is 28.7 Å². The van der Waals surface area contributed by atoms with Crippen molar-refractivity contribution in [1.82, 2.24) is 10.6 Å². The van der Waals surface area contributed by atoms with E-state index in [-0.39, 0.29) is 25.0 Å². The van der Waals surface area contributed by atoms with Crippen molar-refractivity contribution in [1.29, 1.82) is 0 Å². The number of alkyl carbamates (subject to hydrolysis) is 1. The van der Waals surface area contributed by atoms with Gasteiger partial charge in [-0.2, -0.15) is 0 Å². The van der Waals surface area contributed by atoms with Crippen LogP contribution in [0.3, 0.4) is 0 Å². The Kier molecular flexibility index (Phi) is 5.89. The molecule has 5 heteroatoms. The number of rotatable bonds is 7. The standard InChI is InChI=1S/C21H24N2O3/c1-2-3-12-22-20(24)13-23-21(25)26-14-19-17-10-6-4-8-15(17)16-9-5-7-11-18(16)19/h4-11,19H,2-3,12-14H2,1H3,(H,22,24)(H,23,25). The minimum atomic E-state index is -0.572. The lowest BCUT2D eigenvalue weighted by molar-refractivity contribution is -0.120. The van der Waals surface area contributed by atoms with Gasteiger partial charge in [0.25, 0.3) is 0 Å². The first-order valence-electron chi connectivity index (χ1n) is 9.06. The second-order valence-corrected chi connectivity index (χ2v) is 6.38. The Balaban J connectivity index is 1.55. The lowest BCUT2D eigenvalue weighted by Crippen LogP contribution is -2.37. The number of benzene rings is 2. The number of amides is 2. The highest BCUT2D eigenvalue weighted by Crippen LogP contribution is 2.44. The maximum absolute atomic E-state index is 11.9. The van der Waals surface area contributed by atoms with E-state index >= 15 is 0 Å². The maximum Gasteiger partial charge on any atom is 0.407 e. The Labute approximate surface area is 153 Å². The van der Waals surface area contributed by atoms with Crippen LogP contribution < -0.4 is 10.6 Å². The summed E-state index contributed by atoms with van der Waals surface area (Å²) in [6.45, 7) is 2.86. The van der Waals surface area contributed by atoms with Gasteiger partial charge in [-0.1, -0.05) is 61.9 Å². The third-order valence-corrected chi connectivity index (χ3v) is 4.59. The van der Waals surface area contributed by atoms with Gasteiger partial charge in [0, 0.05) is 12.5 Å². The second-order valence-electron chi connectivity index (χ2n) is 6.38. The first-order valence-corrected chi connectivity index (χ1v) is 9.06. The number of nitrogens with one attached hydrogen (secondary N) is 2.